The lowest BCUT2D eigenvalue weighted by Crippen LogP contribution is -2.49. The van der Waals surface area contributed by atoms with Gasteiger partial charge in [0, 0.05) is 29.9 Å². The van der Waals surface area contributed by atoms with E-state index < -0.39 is 12.1 Å². The highest BCUT2D eigenvalue weighted by Gasteiger charge is 2.30. The first kappa shape index (κ1) is 19.0. The molecule has 1 aliphatic carbocycles. The molecule has 1 aliphatic rings. The highest BCUT2D eigenvalue weighted by atomic mass is 32.1. The first-order valence-corrected chi connectivity index (χ1v) is 10.1. The van der Waals surface area contributed by atoms with E-state index in [0.29, 0.717) is 17.3 Å². The van der Waals surface area contributed by atoms with E-state index >= 15 is 0 Å². The van der Waals surface area contributed by atoms with Gasteiger partial charge >= 0.3 is 0 Å². The second-order valence-corrected chi connectivity index (χ2v) is 7.98. The topological polar surface area (TPSA) is 117 Å². The van der Waals surface area contributed by atoms with Gasteiger partial charge in [0.15, 0.2) is 0 Å². The van der Waals surface area contributed by atoms with E-state index in [1.807, 2.05) is 5.38 Å². The number of imidazole rings is 1. The molecule has 0 aliphatic heterocycles. The van der Waals surface area contributed by atoms with Crippen molar-refractivity contribution in [3.63, 3.8) is 0 Å². The summed E-state index contributed by atoms with van der Waals surface area (Å²) in [4.78, 5) is 23.7. The van der Waals surface area contributed by atoms with E-state index in [2.05, 4.69) is 20.3 Å². The number of aromatic nitrogens is 3. The lowest BCUT2D eigenvalue weighted by atomic mass is 9.83. The molecular weight excluding hydrogens is 350 g/mol. The number of rotatable bonds is 8. The van der Waals surface area contributed by atoms with Crippen molar-refractivity contribution in [1.82, 2.24) is 20.3 Å². The van der Waals surface area contributed by atoms with Crippen LogP contribution in [0.5, 0.6) is 0 Å². The Morgan fingerprint density at radius 1 is 1.42 bits per heavy atom. The Labute approximate surface area is 157 Å². The molecule has 1 fully saturated rings. The summed E-state index contributed by atoms with van der Waals surface area (Å²) in [6.07, 6.45) is 11.3. The van der Waals surface area contributed by atoms with Crippen LogP contribution in [0.25, 0.3) is 0 Å². The van der Waals surface area contributed by atoms with Gasteiger partial charge in [-0.15, -0.1) is 11.3 Å². The van der Waals surface area contributed by atoms with Gasteiger partial charge in [0.25, 0.3) is 0 Å². The summed E-state index contributed by atoms with van der Waals surface area (Å²) in [5.41, 5.74) is 6.87. The molecular formula is C18H27N5O2S. The van der Waals surface area contributed by atoms with Crippen LogP contribution in [-0.2, 0) is 11.2 Å². The molecule has 0 aromatic carbocycles. The lowest BCUT2D eigenvalue weighted by Gasteiger charge is -2.30. The van der Waals surface area contributed by atoms with E-state index in [1.165, 1.54) is 30.6 Å². The van der Waals surface area contributed by atoms with Crippen LogP contribution in [0, 0.1) is 5.92 Å². The number of aliphatic hydroxyl groups excluding tert-OH is 1. The van der Waals surface area contributed by atoms with Crippen molar-refractivity contribution in [3.8, 4) is 0 Å². The lowest BCUT2D eigenvalue weighted by molar-refractivity contribution is -0.124. The monoisotopic (exact) mass is 377 g/mol. The summed E-state index contributed by atoms with van der Waals surface area (Å²) in [5, 5.41) is 16.2. The van der Waals surface area contributed by atoms with Crippen LogP contribution in [0.15, 0.2) is 24.1 Å². The number of nitrogens with two attached hydrogens (primary N) is 1. The van der Waals surface area contributed by atoms with Crippen molar-refractivity contribution in [1.29, 1.82) is 0 Å². The highest BCUT2D eigenvalue weighted by Crippen LogP contribution is 2.31. The summed E-state index contributed by atoms with van der Waals surface area (Å²) < 4.78 is 0. The van der Waals surface area contributed by atoms with Crippen LogP contribution >= 0.6 is 11.3 Å². The minimum Gasteiger partial charge on any atom is -0.384 e. The van der Waals surface area contributed by atoms with Crippen molar-refractivity contribution in [3.05, 3.63) is 34.8 Å². The average molecular weight is 378 g/mol. The molecule has 8 heteroatoms. The quantitative estimate of drug-likeness (QED) is 0.561. The number of aromatic amines is 1. The van der Waals surface area contributed by atoms with E-state index in [9.17, 15) is 9.90 Å². The molecule has 7 nitrogen and oxygen atoms in total. The standard InChI is InChI=1S/C18H27N5O2S/c19-14(9-13-10-20-11-22-13)17(25)23-15(8-12-4-2-1-3-5-12)16(24)18-21-6-7-26-18/h6-7,10-12,14-16,24H,1-5,8-9,19H2,(H,20,22)(H,23,25)/t14?,15-,16+/m0/s1. The molecule has 0 saturated heterocycles. The molecule has 1 amide bonds. The minimum atomic E-state index is -0.805. The second-order valence-electron chi connectivity index (χ2n) is 7.06. The zero-order valence-electron chi connectivity index (χ0n) is 14.8. The zero-order chi connectivity index (χ0) is 18.4. The number of thiazole rings is 1. The van der Waals surface area contributed by atoms with E-state index in [4.69, 9.17) is 5.73 Å². The Hall–Kier alpha value is -1.77. The van der Waals surface area contributed by atoms with Gasteiger partial charge in [-0.1, -0.05) is 32.1 Å². The molecule has 0 radical (unpaired) electrons. The van der Waals surface area contributed by atoms with Gasteiger partial charge in [0.2, 0.25) is 5.91 Å². The van der Waals surface area contributed by atoms with Gasteiger partial charge in [-0.2, -0.15) is 0 Å². The third-order valence-corrected chi connectivity index (χ3v) is 5.90. The molecule has 5 N–H and O–H groups in total. The first-order chi connectivity index (χ1) is 12.6. The maximum Gasteiger partial charge on any atom is 0.237 e. The van der Waals surface area contributed by atoms with Gasteiger partial charge in [0.1, 0.15) is 11.1 Å². The number of carbonyl (C=O) groups excluding carboxylic acids is 1. The van der Waals surface area contributed by atoms with Gasteiger partial charge in [-0.3, -0.25) is 4.79 Å². The number of aliphatic hydroxyl groups is 1. The van der Waals surface area contributed by atoms with Crippen molar-refractivity contribution in [2.24, 2.45) is 11.7 Å². The van der Waals surface area contributed by atoms with Gasteiger partial charge in [-0.05, 0) is 12.3 Å². The molecule has 26 heavy (non-hydrogen) atoms. The van der Waals surface area contributed by atoms with Crippen molar-refractivity contribution in [2.45, 2.75) is 63.1 Å². The Bertz CT molecular complexity index is 655. The maximum atomic E-state index is 12.6. The van der Waals surface area contributed by atoms with Gasteiger partial charge < -0.3 is 21.1 Å². The molecule has 3 atom stereocenters. The van der Waals surface area contributed by atoms with Crippen LogP contribution in [-0.4, -0.2) is 38.0 Å². The first-order valence-electron chi connectivity index (χ1n) is 9.24. The SMILES string of the molecule is NC(Cc1cnc[nH]1)C(=O)N[C@@H](CC1CCCCC1)[C@@H](O)c1nccs1. The summed E-state index contributed by atoms with van der Waals surface area (Å²) in [5.74, 6) is 0.267. The Balaban J connectivity index is 1.64. The maximum absolute atomic E-state index is 12.6. The van der Waals surface area contributed by atoms with E-state index in [1.54, 1.807) is 18.7 Å². The smallest absolute Gasteiger partial charge is 0.237 e. The Morgan fingerprint density at radius 3 is 2.88 bits per heavy atom. The average Bonchev–Trinajstić information content (AvgIpc) is 3.35. The van der Waals surface area contributed by atoms with Gasteiger partial charge in [0.05, 0.1) is 18.4 Å². The third kappa shape index (κ3) is 5.12. The summed E-state index contributed by atoms with van der Waals surface area (Å²) in [6.45, 7) is 0. The molecule has 1 unspecified atom stereocenters. The largest absolute Gasteiger partial charge is 0.384 e. The molecule has 3 rings (SSSR count). The number of H-pyrrole nitrogens is 1. The molecule has 2 aromatic rings. The number of hydrogen-bond acceptors (Lipinski definition) is 6. The summed E-state index contributed by atoms with van der Waals surface area (Å²) in [7, 11) is 0. The number of hydrogen-bond donors (Lipinski definition) is 4. The van der Waals surface area contributed by atoms with Crippen LogP contribution < -0.4 is 11.1 Å². The van der Waals surface area contributed by atoms with E-state index in [-0.39, 0.29) is 11.9 Å². The fourth-order valence-electron chi connectivity index (χ4n) is 3.62. The van der Waals surface area contributed by atoms with Gasteiger partial charge in [-0.25, -0.2) is 9.97 Å². The fourth-order valence-corrected chi connectivity index (χ4v) is 4.30. The van der Waals surface area contributed by atoms with Crippen LogP contribution in [0.4, 0.5) is 0 Å². The van der Waals surface area contributed by atoms with Crippen LogP contribution in [0.1, 0.15) is 55.3 Å². The predicted octanol–water partition coefficient (Wildman–Crippen LogP) is 1.92. The number of carbonyl (C=O) groups is 1. The molecule has 2 heterocycles. The molecule has 0 spiro atoms. The predicted molar refractivity (Wildman–Crippen MR) is 100 cm³/mol. The normalized spacial score (nSPS) is 19.0. The molecule has 2 aromatic heterocycles. The Kier molecular flexibility index (Phi) is 6.76. The molecule has 0 bridgehead atoms. The van der Waals surface area contributed by atoms with Crippen LogP contribution in [0.2, 0.25) is 0 Å². The van der Waals surface area contributed by atoms with Crippen molar-refractivity contribution in [2.75, 3.05) is 0 Å². The Morgan fingerprint density at radius 2 is 2.23 bits per heavy atom. The molecule has 1 saturated carbocycles. The highest BCUT2D eigenvalue weighted by molar-refractivity contribution is 7.09. The fraction of sp³-hybridized carbons (Fsp3) is 0.611. The van der Waals surface area contributed by atoms with Crippen LogP contribution in [0.3, 0.4) is 0 Å². The molecule has 142 valence electrons. The number of amides is 1. The summed E-state index contributed by atoms with van der Waals surface area (Å²) >= 11 is 1.40. The van der Waals surface area contributed by atoms with E-state index in [0.717, 1.165) is 25.0 Å². The number of nitrogens with zero attached hydrogens (tertiary/aromatic N) is 2. The summed E-state index contributed by atoms with van der Waals surface area (Å²) in [6, 6.07) is -1.06. The van der Waals surface area contributed by atoms with Crippen molar-refractivity contribution < 1.29 is 9.90 Å². The van der Waals surface area contributed by atoms with Crippen molar-refractivity contribution >= 4 is 17.2 Å². The third-order valence-electron chi connectivity index (χ3n) is 5.06. The minimum absolute atomic E-state index is 0.254. The number of nitrogens with one attached hydrogen (secondary N) is 2. The second kappa shape index (κ2) is 9.25. The zero-order valence-corrected chi connectivity index (χ0v) is 15.6.